The third-order valence-electron chi connectivity index (χ3n) is 3.23. The molecule has 1 fully saturated rings. The van der Waals surface area contributed by atoms with Gasteiger partial charge in [-0.25, -0.2) is 4.39 Å². The van der Waals surface area contributed by atoms with E-state index in [1.54, 1.807) is 6.07 Å². The number of nitrogens with one attached hydrogen (secondary N) is 1. The van der Waals surface area contributed by atoms with Gasteiger partial charge in [0.1, 0.15) is 0 Å². The van der Waals surface area contributed by atoms with Crippen LogP contribution in [0.4, 0.5) is 8.78 Å². The molecule has 1 aliphatic rings. The van der Waals surface area contributed by atoms with Crippen molar-refractivity contribution in [2.45, 2.75) is 31.7 Å². The molecule has 94 valence electrons. The highest BCUT2D eigenvalue weighted by Crippen LogP contribution is 2.24. The Morgan fingerprint density at radius 1 is 1.29 bits per heavy atom. The minimum absolute atomic E-state index is 0.0390. The minimum atomic E-state index is -0.888. The molecule has 4 heteroatoms. The number of piperidine rings is 1. The van der Waals surface area contributed by atoms with Crippen LogP contribution in [-0.4, -0.2) is 19.7 Å². The zero-order valence-electron chi connectivity index (χ0n) is 9.93. The molecule has 0 spiro atoms. The average Bonchev–Trinajstić information content (AvgIpc) is 2.37. The molecule has 0 amide bonds. The van der Waals surface area contributed by atoms with Gasteiger partial charge in [-0.05, 0) is 37.4 Å². The second kappa shape index (κ2) is 5.45. The molecule has 1 heterocycles. The van der Waals surface area contributed by atoms with Gasteiger partial charge in [-0.3, -0.25) is 0 Å². The van der Waals surface area contributed by atoms with Crippen LogP contribution in [0.15, 0.2) is 12.1 Å². The lowest BCUT2D eigenvalue weighted by molar-refractivity contribution is 0.364. The van der Waals surface area contributed by atoms with Gasteiger partial charge in [-0.2, -0.15) is 4.39 Å². The molecule has 0 bridgehead atoms. The molecule has 2 nitrogen and oxygen atoms in total. The standard InChI is InChI=1S/C13H17F2NO/c1-17-11-6-5-9(12(14)13(11)15)8-10-4-2-3-7-16-10/h5-6,10,16H,2-4,7-8H2,1H3. The Hall–Kier alpha value is -1.16. The fourth-order valence-electron chi connectivity index (χ4n) is 2.25. The third kappa shape index (κ3) is 2.75. The molecule has 1 atom stereocenters. The SMILES string of the molecule is COc1ccc(CC2CCCCN2)c(F)c1F. The fourth-order valence-corrected chi connectivity index (χ4v) is 2.25. The molecule has 0 saturated carbocycles. The summed E-state index contributed by atoms with van der Waals surface area (Å²) in [6, 6.07) is 3.34. The Morgan fingerprint density at radius 3 is 2.76 bits per heavy atom. The van der Waals surface area contributed by atoms with Crippen LogP contribution in [0.5, 0.6) is 5.75 Å². The van der Waals surface area contributed by atoms with E-state index >= 15 is 0 Å². The van der Waals surface area contributed by atoms with Crippen LogP contribution in [0.1, 0.15) is 24.8 Å². The monoisotopic (exact) mass is 241 g/mol. The van der Waals surface area contributed by atoms with E-state index in [1.807, 2.05) is 0 Å². The number of rotatable bonds is 3. The quantitative estimate of drug-likeness (QED) is 0.878. The topological polar surface area (TPSA) is 21.3 Å². The lowest BCUT2D eigenvalue weighted by Gasteiger charge is -2.23. The van der Waals surface area contributed by atoms with Crippen molar-refractivity contribution in [2.75, 3.05) is 13.7 Å². The fraction of sp³-hybridized carbons (Fsp3) is 0.538. The molecular weight excluding hydrogens is 224 g/mol. The zero-order chi connectivity index (χ0) is 12.3. The lowest BCUT2D eigenvalue weighted by atomic mass is 9.97. The van der Waals surface area contributed by atoms with Crippen LogP contribution in [-0.2, 0) is 6.42 Å². The van der Waals surface area contributed by atoms with Crippen LogP contribution in [0.2, 0.25) is 0 Å². The van der Waals surface area contributed by atoms with Gasteiger partial charge >= 0.3 is 0 Å². The highest BCUT2D eigenvalue weighted by molar-refractivity contribution is 5.31. The molecular formula is C13H17F2NO. The summed E-state index contributed by atoms with van der Waals surface area (Å²) >= 11 is 0. The van der Waals surface area contributed by atoms with Crippen molar-refractivity contribution in [3.8, 4) is 5.75 Å². The van der Waals surface area contributed by atoms with Gasteiger partial charge in [0.2, 0.25) is 5.82 Å². The Bertz CT molecular complexity index is 389. The van der Waals surface area contributed by atoms with Gasteiger partial charge in [0, 0.05) is 6.04 Å². The smallest absolute Gasteiger partial charge is 0.200 e. The molecule has 2 rings (SSSR count). The van der Waals surface area contributed by atoms with Gasteiger partial charge in [-0.1, -0.05) is 12.5 Å². The van der Waals surface area contributed by atoms with E-state index in [1.165, 1.54) is 13.2 Å². The molecule has 1 aromatic carbocycles. The van der Waals surface area contributed by atoms with Gasteiger partial charge < -0.3 is 10.1 Å². The maximum absolute atomic E-state index is 13.7. The summed E-state index contributed by atoms with van der Waals surface area (Å²) in [6.45, 7) is 0.963. The van der Waals surface area contributed by atoms with Crippen molar-refractivity contribution < 1.29 is 13.5 Å². The molecule has 0 radical (unpaired) electrons. The zero-order valence-corrected chi connectivity index (χ0v) is 9.93. The van der Waals surface area contributed by atoms with E-state index in [2.05, 4.69) is 5.32 Å². The van der Waals surface area contributed by atoms with Gasteiger partial charge in [-0.15, -0.1) is 0 Å². The Labute approximate surface area is 100.0 Å². The van der Waals surface area contributed by atoms with E-state index < -0.39 is 11.6 Å². The second-order valence-electron chi connectivity index (χ2n) is 4.41. The number of halogens is 2. The van der Waals surface area contributed by atoms with Crippen LogP contribution < -0.4 is 10.1 Å². The van der Waals surface area contributed by atoms with Crippen molar-refractivity contribution in [2.24, 2.45) is 0 Å². The summed E-state index contributed by atoms with van der Waals surface area (Å²) in [7, 11) is 1.33. The van der Waals surface area contributed by atoms with E-state index in [0.717, 1.165) is 25.8 Å². The number of hydrogen-bond acceptors (Lipinski definition) is 2. The van der Waals surface area contributed by atoms with Crippen molar-refractivity contribution >= 4 is 0 Å². The third-order valence-corrected chi connectivity index (χ3v) is 3.23. The summed E-state index contributed by atoms with van der Waals surface area (Å²) in [5.41, 5.74) is 0.419. The molecule has 1 aliphatic heterocycles. The normalized spacial score (nSPS) is 20.3. The summed E-state index contributed by atoms with van der Waals surface area (Å²) in [6.07, 6.45) is 3.87. The first-order chi connectivity index (χ1) is 8.22. The molecule has 1 saturated heterocycles. The van der Waals surface area contributed by atoms with E-state index in [0.29, 0.717) is 12.0 Å². The Morgan fingerprint density at radius 2 is 2.12 bits per heavy atom. The summed E-state index contributed by atoms with van der Waals surface area (Å²) < 4.78 is 32.0. The summed E-state index contributed by atoms with van der Waals surface area (Å²) in [5, 5.41) is 3.32. The average molecular weight is 241 g/mol. The lowest BCUT2D eigenvalue weighted by Crippen LogP contribution is -2.35. The second-order valence-corrected chi connectivity index (χ2v) is 4.41. The Balaban J connectivity index is 2.12. The predicted octanol–water partition coefficient (Wildman–Crippen LogP) is 2.66. The number of benzene rings is 1. The first kappa shape index (κ1) is 12.3. The van der Waals surface area contributed by atoms with E-state index in [-0.39, 0.29) is 11.8 Å². The van der Waals surface area contributed by atoms with Gasteiger partial charge in [0.15, 0.2) is 11.6 Å². The summed E-state index contributed by atoms with van der Waals surface area (Å²) in [5.74, 6) is -1.71. The van der Waals surface area contributed by atoms with Gasteiger partial charge in [0.05, 0.1) is 7.11 Å². The molecule has 17 heavy (non-hydrogen) atoms. The largest absolute Gasteiger partial charge is 0.494 e. The number of methoxy groups -OCH3 is 1. The van der Waals surface area contributed by atoms with Crippen molar-refractivity contribution in [3.63, 3.8) is 0 Å². The van der Waals surface area contributed by atoms with Crippen molar-refractivity contribution in [1.82, 2.24) is 5.32 Å². The molecule has 1 unspecified atom stereocenters. The van der Waals surface area contributed by atoms with Crippen molar-refractivity contribution in [1.29, 1.82) is 0 Å². The van der Waals surface area contributed by atoms with Crippen LogP contribution in [0.25, 0.3) is 0 Å². The number of ether oxygens (including phenoxy) is 1. The maximum atomic E-state index is 13.7. The highest BCUT2D eigenvalue weighted by Gasteiger charge is 2.18. The van der Waals surface area contributed by atoms with Crippen LogP contribution in [0.3, 0.4) is 0 Å². The highest BCUT2D eigenvalue weighted by atomic mass is 19.2. The first-order valence-corrected chi connectivity index (χ1v) is 5.96. The van der Waals surface area contributed by atoms with Crippen LogP contribution in [0, 0.1) is 11.6 Å². The minimum Gasteiger partial charge on any atom is -0.494 e. The molecule has 1 N–H and O–H groups in total. The van der Waals surface area contributed by atoms with E-state index in [4.69, 9.17) is 4.74 Å². The van der Waals surface area contributed by atoms with Crippen molar-refractivity contribution in [3.05, 3.63) is 29.3 Å². The maximum Gasteiger partial charge on any atom is 0.200 e. The molecule has 1 aromatic rings. The Kier molecular flexibility index (Phi) is 3.94. The number of hydrogen-bond donors (Lipinski definition) is 1. The van der Waals surface area contributed by atoms with Gasteiger partial charge in [0.25, 0.3) is 0 Å². The molecule has 0 aromatic heterocycles. The molecule has 0 aliphatic carbocycles. The van der Waals surface area contributed by atoms with Crippen LogP contribution >= 0.6 is 0 Å². The predicted molar refractivity (Wildman–Crippen MR) is 62.3 cm³/mol. The summed E-state index contributed by atoms with van der Waals surface area (Å²) in [4.78, 5) is 0. The van der Waals surface area contributed by atoms with E-state index in [9.17, 15) is 8.78 Å². The first-order valence-electron chi connectivity index (χ1n) is 5.96.